The molecular formula is C15H20N2O3. The third-order valence-corrected chi connectivity index (χ3v) is 2.74. The van der Waals surface area contributed by atoms with E-state index < -0.39 is 0 Å². The molecule has 0 fully saturated rings. The number of aromatic nitrogens is 1. The van der Waals surface area contributed by atoms with E-state index in [-0.39, 0.29) is 0 Å². The Morgan fingerprint density at radius 2 is 2.10 bits per heavy atom. The molecule has 0 unspecified atom stereocenters. The lowest BCUT2D eigenvalue weighted by atomic mass is 10.2. The average molecular weight is 276 g/mol. The van der Waals surface area contributed by atoms with Crippen molar-refractivity contribution in [3.05, 3.63) is 24.5 Å². The van der Waals surface area contributed by atoms with Gasteiger partial charge in [-0.1, -0.05) is 13.8 Å². The number of hydrogen-bond donors (Lipinski definition) is 1. The quantitative estimate of drug-likeness (QED) is 0.876. The van der Waals surface area contributed by atoms with E-state index in [2.05, 4.69) is 24.1 Å². The zero-order valence-corrected chi connectivity index (χ0v) is 12.3. The fourth-order valence-corrected chi connectivity index (χ4v) is 1.70. The molecule has 20 heavy (non-hydrogen) atoms. The van der Waals surface area contributed by atoms with E-state index in [1.54, 1.807) is 20.4 Å². The van der Waals surface area contributed by atoms with Gasteiger partial charge in [0.05, 0.1) is 13.7 Å². The number of nitrogens with zero attached hydrogens (tertiary/aromatic N) is 1. The van der Waals surface area contributed by atoms with E-state index >= 15 is 0 Å². The summed E-state index contributed by atoms with van der Waals surface area (Å²) in [5.41, 5.74) is 0.853. The minimum absolute atomic E-state index is 0.445. The van der Waals surface area contributed by atoms with Gasteiger partial charge >= 0.3 is 0 Å². The Kier molecular flexibility index (Phi) is 4.50. The summed E-state index contributed by atoms with van der Waals surface area (Å²) in [6.45, 7) is 4.83. The van der Waals surface area contributed by atoms with Gasteiger partial charge in [0.2, 0.25) is 5.89 Å². The first-order chi connectivity index (χ1) is 9.63. The molecule has 1 heterocycles. The van der Waals surface area contributed by atoms with Gasteiger partial charge in [-0.05, 0) is 24.1 Å². The van der Waals surface area contributed by atoms with Crippen molar-refractivity contribution in [2.45, 2.75) is 13.8 Å². The number of methoxy groups -OCH3 is 1. The van der Waals surface area contributed by atoms with Crippen LogP contribution in [0.5, 0.6) is 11.5 Å². The molecule has 0 saturated heterocycles. The van der Waals surface area contributed by atoms with Crippen LogP contribution in [-0.4, -0.2) is 25.7 Å². The number of oxazole rings is 1. The van der Waals surface area contributed by atoms with E-state index in [9.17, 15) is 0 Å². The Labute approximate surface area is 118 Å². The fraction of sp³-hybridized carbons (Fsp3) is 0.400. The second kappa shape index (κ2) is 6.32. The molecule has 0 saturated carbocycles. The molecule has 0 bridgehead atoms. The van der Waals surface area contributed by atoms with E-state index in [0.717, 1.165) is 5.56 Å². The van der Waals surface area contributed by atoms with Crippen LogP contribution in [0.4, 0.5) is 5.82 Å². The number of nitrogens with one attached hydrogen (secondary N) is 1. The first-order valence-corrected chi connectivity index (χ1v) is 6.58. The van der Waals surface area contributed by atoms with Crippen LogP contribution in [0.2, 0.25) is 0 Å². The summed E-state index contributed by atoms with van der Waals surface area (Å²) in [6.07, 6.45) is 1.58. The van der Waals surface area contributed by atoms with Gasteiger partial charge in [0.15, 0.2) is 17.3 Å². The van der Waals surface area contributed by atoms with Crippen molar-refractivity contribution in [3.8, 4) is 23.0 Å². The number of rotatable bonds is 6. The second-order valence-electron chi connectivity index (χ2n) is 4.86. The SMILES string of the molecule is CNc1coc(-c2ccc(OC)c(OCC(C)C)c2)n1. The van der Waals surface area contributed by atoms with Crippen molar-refractivity contribution in [3.63, 3.8) is 0 Å². The molecule has 5 heteroatoms. The highest BCUT2D eigenvalue weighted by Gasteiger charge is 2.11. The summed E-state index contributed by atoms with van der Waals surface area (Å²) >= 11 is 0. The first-order valence-electron chi connectivity index (χ1n) is 6.58. The average Bonchev–Trinajstić information content (AvgIpc) is 2.93. The minimum atomic E-state index is 0.445. The number of benzene rings is 1. The number of ether oxygens (including phenoxy) is 2. The van der Waals surface area contributed by atoms with Crippen molar-refractivity contribution < 1.29 is 13.9 Å². The van der Waals surface area contributed by atoms with E-state index in [4.69, 9.17) is 13.9 Å². The molecule has 0 amide bonds. The Hall–Kier alpha value is -2.17. The highest BCUT2D eigenvalue weighted by Crippen LogP contribution is 2.32. The van der Waals surface area contributed by atoms with Crippen LogP contribution in [0.3, 0.4) is 0 Å². The van der Waals surface area contributed by atoms with E-state index in [1.165, 1.54) is 0 Å². The lowest BCUT2D eigenvalue weighted by Gasteiger charge is -2.13. The molecule has 0 radical (unpaired) electrons. The van der Waals surface area contributed by atoms with Crippen molar-refractivity contribution in [2.24, 2.45) is 5.92 Å². The standard InChI is InChI=1S/C15H20N2O3/c1-10(2)8-19-13-7-11(5-6-12(13)18-4)15-17-14(16-3)9-20-15/h5-7,9-10,16H,8H2,1-4H3. The van der Waals surface area contributed by atoms with E-state index in [1.807, 2.05) is 18.2 Å². The molecular weight excluding hydrogens is 256 g/mol. The predicted octanol–water partition coefficient (Wildman–Crippen LogP) is 3.43. The molecule has 0 spiro atoms. The molecule has 0 aliphatic rings. The minimum Gasteiger partial charge on any atom is -0.493 e. The van der Waals surface area contributed by atoms with Gasteiger partial charge in [-0.15, -0.1) is 0 Å². The van der Waals surface area contributed by atoms with Crippen molar-refractivity contribution in [1.29, 1.82) is 0 Å². The molecule has 1 aromatic carbocycles. The van der Waals surface area contributed by atoms with Crippen molar-refractivity contribution >= 4 is 5.82 Å². The predicted molar refractivity (Wildman–Crippen MR) is 78.4 cm³/mol. The Morgan fingerprint density at radius 1 is 1.30 bits per heavy atom. The van der Waals surface area contributed by atoms with Crippen molar-refractivity contribution in [2.75, 3.05) is 26.1 Å². The maximum Gasteiger partial charge on any atom is 0.228 e. The maximum absolute atomic E-state index is 5.77. The van der Waals surface area contributed by atoms with Gasteiger partial charge in [-0.3, -0.25) is 0 Å². The number of anilines is 1. The smallest absolute Gasteiger partial charge is 0.228 e. The molecule has 108 valence electrons. The highest BCUT2D eigenvalue weighted by molar-refractivity contribution is 5.61. The molecule has 0 aliphatic carbocycles. The van der Waals surface area contributed by atoms with Gasteiger partial charge < -0.3 is 19.2 Å². The Bertz CT molecular complexity index is 564. The van der Waals surface area contributed by atoms with Gasteiger partial charge in [-0.2, -0.15) is 4.98 Å². The maximum atomic E-state index is 5.77. The number of hydrogen-bond acceptors (Lipinski definition) is 5. The van der Waals surface area contributed by atoms with Gasteiger partial charge in [0.1, 0.15) is 6.26 Å². The summed E-state index contributed by atoms with van der Waals surface area (Å²) in [6, 6.07) is 5.63. The third-order valence-electron chi connectivity index (χ3n) is 2.74. The van der Waals surface area contributed by atoms with Crippen LogP contribution in [0.15, 0.2) is 28.9 Å². The summed E-state index contributed by atoms with van der Waals surface area (Å²) in [5, 5.41) is 2.93. The Morgan fingerprint density at radius 3 is 2.70 bits per heavy atom. The van der Waals surface area contributed by atoms with Crippen LogP contribution >= 0.6 is 0 Å². The highest BCUT2D eigenvalue weighted by atomic mass is 16.5. The van der Waals surface area contributed by atoms with Crippen LogP contribution < -0.4 is 14.8 Å². The summed E-state index contributed by atoms with van der Waals surface area (Å²) in [7, 11) is 3.42. The zero-order chi connectivity index (χ0) is 14.5. The first kappa shape index (κ1) is 14.2. The lowest BCUT2D eigenvalue weighted by Crippen LogP contribution is -2.05. The summed E-state index contributed by atoms with van der Waals surface area (Å²) in [5.74, 6) is 3.09. The monoisotopic (exact) mass is 276 g/mol. The molecule has 2 rings (SSSR count). The van der Waals surface area contributed by atoms with Crippen LogP contribution in [0.25, 0.3) is 11.5 Å². The van der Waals surface area contributed by atoms with Crippen LogP contribution in [-0.2, 0) is 0 Å². The van der Waals surface area contributed by atoms with Crippen molar-refractivity contribution in [1.82, 2.24) is 4.98 Å². The third kappa shape index (κ3) is 3.23. The topological polar surface area (TPSA) is 56.5 Å². The molecule has 2 aromatic rings. The van der Waals surface area contributed by atoms with E-state index in [0.29, 0.717) is 35.7 Å². The largest absolute Gasteiger partial charge is 0.493 e. The fourth-order valence-electron chi connectivity index (χ4n) is 1.70. The summed E-state index contributed by atoms with van der Waals surface area (Å²) < 4.78 is 16.5. The van der Waals surface area contributed by atoms with Gasteiger partial charge in [0.25, 0.3) is 0 Å². The molecule has 1 N–H and O–H groups in total. The second-order valence-corrected chi connectivity index (χ2v) is 4.86. The molecule has 1 aromatic heterocycles. The van der Waals surface area contributed by atoms with Gasteiger partial charge in [-0.25, -0.2) is 0 Å². The lowest BCUT2D eigenvalue weighted by molar-refractivity contribution is 0.257. The molecule has 0 aliphatic heterocycles. The molecule has 0 atom stereocenters. The Balaban J connectivity index is 2.28. The summed E-state index contributed by atoms with van der Waals surface area (Å²) in [4.78, 5) is 4.32. The normalized spacial score (nSPS) is 10.7. The zero-order valence-electron chi connectivity index (χ0n) is 12.3. The van der Waals surface area contributed by atoms with Crippen LogP contribution in [0.1, 0.15) is 13.8 Å². The molecule has 5 nitrogen and oxygen atoms in total. The van der Waals surface area contributed by atoms with Gasteiger partial charge in [0, 0.05) is 12.6 Å². The van der Waals surface area contributed by atoms with Crippen LogP contribution in [0, 0.1) is 5.92 Å².